The zero-order chi connectivity index (χ0) is 12.7. The van der Waals surface area contributed by atoms with E-state index >= 15 is 0 Å². The van der Waals surface area contributed by atoms with Crippen LogP contribution in [0, 0.1) is 6.92 Å². The van der Waals surface area contributed by atoms with Gasteiger partial charge in [0.2, 0.25) is 0 Å². The van der Waals surface area contributed by atoms with Crippen molar-refractivity contribution in [2.24, 2.45) is 5.73 Å². The van der Waals surface area contributed by atoms with E-state index in [1.54, 1.807) is 0 Å². The maximum Gasteiger partial charge on any atom is 0.0466 e. The van der Waals surface area contributed by atoms with Crippen molar-refractivity contribution in [3.8, 4) is 0 Å². The molecule has 0 bridgehead atoms. The Morgan fingerprint density at radius 1 is 1.41 bits per heavy atom. The van der Waals surface area contributed by atoms with Gasteiger partial charge in [0.05, 0.1) is 0 Å². The molecule has 1 rings (SSSR count). The first-order valence-electron chi connectivity index (χ1n) is 6.21. The SMILES string of the molecule is CCOCCCC(N)Cc1ccc(C)cc1Cl. The second kappa shape index (κ2) is 7.70. The Hall–Kier alpha value is -0.570. The fourth-order valence-corrected chi connectivity index (χ4v) is 2.11. The highest BCUT2D eigenvalue weighted by Gasteiger charge is 2.07. The second-order valence-corrected chi connectivity index (χ2v) is 4.81. The zero-order valence-corrected chi connectivity index (χ0v) is 11.5. The highest BCUT2D eigenvalue weighted by molar-refractivity contribution is 6.31. The van der Waals surface area contributed by atoms with Crippen LogP contribution in [0.5, 0.6) is 0 Å². The first-order chi connectivity index (χ1) is 8.13. The quantitative estimate of drug-likeness (QED) is 0.759. The maximum atomic E-state index is 6.18. The average Bonchev–Trinajstić information content (AvgIpc) is 2.28. The molecule has 0 aromatic heterocycles. The van der Waals surface area contributed by atoms with Crippen LogP contribution in [-0.2, 0) is 11.2 Å². The summed E-state index contributed by atoms with van der Waals surface area (Å²) in [6.07, 6.45) is 2.83. The third-order valence-electron chi connectivity index (χ3n) is 2.76. The van der Waals surface area contributed by atoms with E-state index in [-0.39, 0.29) is 6.04 Å². The summed E-state index contributed by atoms with van der Waals surface area (Å²) < 4.78 is 5.29. The summed E-state index contributed by atoms with van der Waals surface area (Å²) in [6, 6.07) is 6.30. The van der Waals surface area contributed by atoms with Gasteiger partial charge in [-0.1, -0.05) is 23.7 Å². The van der Waals surface area contributed by atoms with Crippen LogP contribution in [0.25, 0.3) is 0 Å². The smallest absolute Gasteiger partial charge is 0.0466 e. The van der Waals surface area contributed by atoms with E-state index < -0.39 is 0 Å². The van der Waals surface area contributed by atoms with E-state index in [1.807, 2.05) is 19.9 Å². The number of aryl methyl sites for hydroxylation is 1. The van der Waals surface area contributed by atoms with Gasteiger partial charge in [-0.3, -0.25) is 0 Å². The van der Waals surface area contributed by atoms with E-state index in [0.29, 0.717) is 0 Å². The molecule has 0 fully saturated rings. The van der Waals surface area contributed by atoms with Gasteiger partial charge in [-0.2, -0.15) is 0 Å². The monoisotopic (exact) mass is 255 g/mol. The summed E-state index contributed by atoms with van der Waals surface area (Å²) >= 11 is 6.18. The van der Waals surface area contributed by atoms with Crippen LogP contribution in [0.1, 0.15) is 30.9 Å². The van der Waals surface area contributed by atoms with Crippen molar-refractivity contribution in [1.82, 2.24) is 0 Å². The number of ether oxygens (including phenoxy) is 1. The van der Waals surface area contributed by atoms with Crippen molar-refractivity contribution in [2.45, 2.75) is 39.2 Å². The Bertz CT molecular complexity index is 341. The van der Waals surface area contributed by atoms with Gasteiger partial charge in [0.1, 0.15) is 0 Å². The third-order valence-corrected chi connectivity index (χ3v) is 3.11. The highest BCUT2D eigenvalue weighted by atomic mass is 35.5. The maximum absolute atomic E-state index is 6.18. The molecule has 0 aliphatic heterocycles. The van der Waals surface area contributed by atoms with E-state index in [9.17, 15) is 0 Å². The Balaban J connectivity index is 2.37. The summed E-state index contributed by atoms with van der Waals surface area (Å²) in [4.78, 5) is 0. The fraction of sp³-hybridized carbons (Fsp3) is 0.571. The number of hydrogen-bond donors (Lipinski definition) is 1. The van der Waals surface area contributed by atoms with Crippen molar-refractivity contribution in [3.05, 3.63) is 34.3 Å². The molecule has 0 radical (unpaired) electrons. The van der Waals surface area contributed by atoms with Gasteiger partial charge in [-0.25, -0.2) is 0 Å². The molecule has 0 aliphatic carbocycles. The number of nitrogens with two attached hydrogens (primary N) is 1. The van der Waals surface area contributed by atoms with Crippen molar-refractivity contribution < 1.29 is 4.74 Å². The largest absolute Gasteiger partial charge is 0.382 e. The van der Waals surface area contributed by atoms with Crippen LogP contribution in [0.3, 0.4) is 0 Å². The van der Waals surface area contributed by atoms with Gasteiger partial charge in [0.15, 0.2) is 0 Å². The lowest BCUT2D eigenvalue weighted by atomic mass is 10.0. The standard InChI is InChI=1S/C14H22ClNO/c1-3-17-8-4-5-13(16)10-12-7-6-11(2)9-14(12)15/h6-7,9,13H,3-5,8,10,16H2,1-2H3. The molecule has 2 nitrogen and oxygen atoms in total. The van der Waals surface area contributed by atoms with Gasteiger partial charge in [-0.05, 0) is 50.3 Å². The van der Waals surface area contributed by atoms with Gasteiger partial charge >= 0.3 is 0 Å². The first kappa shape index (κ1) is 14.5. The molecule has 2 N–H and O–H groups in total. The Labute approximate surface area is 109 Å². The first-order valence-corrected chi connectivity index (χ1v) is 6.59. The topological polar surface area (TPSA) is 35.2 Å². The van der Waals surface area contributed by atoms with Crippen molar-refractivity contribution >= 4 is 11.6 Å². The normalized spacial score (nSPS) is 12.7. The lowest BCUT2D eigenvalue weighted by Crippen LogP contribution is -2.23. The third kappa shape index (κ3) is 5.53. The molecule has 17 heavy (non-hydrogen) atoms. The van der Waals surface area contributed by atoms with Crippen LogP contribution in [0.4, 0.5) is 0 Å². The van der Waals surface area contributed by atoms with Crippen molar-refractivity contribution in [3.63, 3.8) is 0 Å². The molecule has 96 valence electrons. The molecular formula is C14H22ClNO. The van der Waals surface area contributed by atoms with Gasteiger partial charge < -0.3 is 10.5 Å². The second-order valence-electron chi connectivity index (χ2n) is 4.40. The van der Waals surface area contributed by atoms with Crippen molar-refractivity contribution in [1.29, 1.82) is 0 Å². The number of halogens is 1. The summed E-state index contributed by atoms with van der Waals surface area (Å²) in [5.74, 6) is 0. The van der Waals surface area contributed by atoms with E-state index in [2.05, 4.69) is 12.1 Å². The van der Waals surface area contributed by atoms with Gasteiger partial charge in [0.25, 0.3) is 0 Å². The van der Waals surface area contributed by atoms with E-state index in [0.717, 1.165) is 43.1 Å². The molecule has 0 saturated heterocycles. The molecule has 1 atom stereocenters. The number of rotatable bonds is 7. The van der Waals surface area contributed by atoms with Crippen LogP contribution in [-0.4, -0.2) is 19.3 Å². The summed E-state index contributed by atoms with van der Waals surface area (Å²) in [5.41, 5.74) is 8.40. The molecular weight excluding hydrogens is 234 g/mol. The summed E-state index contributed by atoms with van der Waals surface area (Å²) in [5, 5.41) is 0.824. The predicted molar refractivity (Wildman–Crippen MR) is 73.6 cm³/mol. The number of hydrogen-bond acceptors (Lipinski definition) is 2. The zero-order valence-electron chi connectivity index (χ0n) is 10.7. The molecule has 1 aromatic carbocycles. The molecule has 0 amide bonds. The molecule has 0 aliphatic rings. The lowest BCUT2D eigenvalue weighted by molar-refractivity contribution is 0.142. The van der Waals surface area contributed by atoms with Crippen LogP contribution in [0.15, 0.2) is 18.2 Å². The minimum absolute atomic E-state index is 0.163. The van der Waals surface area contributed by atoms with E-state index in [1.165, 1.54) is 5.56 Å². The van der Waals surface area contributed by atoms with Crippen LogP contribution >= 0.6 is 11.6 Å². The Morgan fingerprint density at radius 2 is 2.18 bits per heavy atom. The van der Waals surface area contributed by atoms with E-state index in [4.69, 9.17) is 22.1 Å². The predicted octanol–water partition coefficient (Wildman–Crippen LogP) is 3.33. The van der Waals surface area contributed by atoms with Gasteiger partial charge in [0, 0.05) is 24.3 Å². The molecule has 0 saturated carbocycles. The minimum atomic E-state index is 0.163. The highest BCUT2D eigenvalue weighted by Crippen LogP contribution is 2.19. The summed E-state index contributed by atoms with van der Waals surface area (Å²) in [7, 11) is 0. The van der Waals surface area contributed by atoms with Crippen LogP contribution in [0.2, 0.25) is 5.02 Å². The molecule has 0 spiro atoms. The molecule has 0 heterocycles. The number of benzene rings is 1. The Kier molecular flexibility index (Phi) is 6.56. The average molecular weight is 256 g/mol. The fourth-order valence-electron chi connectivity index (χ4n) is 1.79. The van der Waals surface area contributed by atoms with Crippen LogP contribution < -0.4 is 5.73 Å². The van der Waals surface area contributed by atoms with Gasteiger partial charge in [-0.15, -0.1) is 0 Å². The minimum Gasteiger partial charge on any atom is -0.382 e. The Morgan fingerprint density at radius 3 is 2.82 bits per heavy atom. The molecule has 3 heteroatoms. The van der Waals surface area contributed by atoms with Crippen molar-refractivity contribution in [2.75, 3.05) is 13.2 Å². The summed E-state index contributed by atoms with van der Waals surface area (Å²) in [6.45, 7) is 5.62. The molecule has 1 aromatic rings. The lowest BCUT2D eigenvalue weighted by Gasteiger charge is -2.13. The molecule has 1 unspecified atom stereocenters.